The summed E-state index contributed by atoms with van der Waals surface area (Å²) in [4.78, 5) is 6.53. The lowest BCUT2D eigenvalue weighted by molar-refractivity contribution is -0.932. The Labute approximate surface area is 163 Å². The number of fused-ring (bicyclic) bond motifs is 1. The molecule has 1 saturated heterocycles. The van der Waals surface area contributed by atoms with Gasteiger partial charge in [-0.15, -0.1) is 5.10 Å². The minimum absolute atomic E-state index is 0.0615. The summed E-state index contributed by atoms with van der Waals surface area (Å²) in [5.74, 6) is 0.552. The number of aryl methyl sites for hydroxylation is 1. The van der Waals surface area contributed by atoms with E-state index in [-0.39, 0.29) is 5.88 Å². The second kappa shape index (κ2) is 7.34. The zero-order valence-electron chi connectivity index (χ0n) is 15.2. The van der Waals surface area contributed by atoms with Crippen LogP contribution >= 0.6 is 11.3 Å². The van der Waals surface area contributed by atoms with E-state index in [0.717, 1.165) is 11.0 Å². The van der Waals surface area contributed by atoms with E-state index in [1.807, 2.05) is 6.92 Å². The molecule has 2 N–H and O–H groups in total. The number of quaternary nitrogens is 1. The third-order valence-electron chi connectivity index (χ3n) is 4.91. The van der Waals surface area contributed by atoms with Gasteiger partial charge in [0, 0.05) is 12.0 Å². The maximum absolute atomic E-state index is 13.3. The molecule has 0 radical (unpaired) electrons. The molecule has 0 unspecified atom stereocenters. The number of aromatic hydroxyl groups is 1. The van der Waals surface area contributed by atoms with Gasteiger partial charge in [0.05, 0.1) is 18.8 Å². The van der Waals surface area contributed by atoms with Crippen LogP contribution in [-0.4, -0.2) is 46.0 Å². The molecule has 0 amide bonds. The van der Waals surface area contributed by atoms with Crippen LogP contribution < -0.4 is 4.90 Å². The van der Waals surface area contributed by atoms with Crippen molar-refractivity contribution < 1.29 is 27.9 Å². The Morgan fingerprint density at radius 2 is 2.07 bits per heavy atom. The van der Waals surface area contributed by atoms with Crippen LogP contribution in [0.5, 0.6) is 5.88 Å². The molecule has 2 aromatic heterocycles. The number of nitrogens with one attached hydrogen (secondary N) is 1. The van der Waals surface area contributed by atoms with Crippen molar-refractivity contribution in [3.05, 3.63) is 46.1 Å². The average molecular weight is 413 g/mol. The van der Waals surface area contributed by atoms with E-state index in [1.54, 1.807) is 6.07 Å². The van der Waals surface area contributed by atoms with Crippen LogP contribution in [0, 0.1) is 0 Å². The molecule has 3 heterocycles. The van der Waals surface area contributed by atoms with Crippen molar-refractivity contribution in [3.8, 4) is 5.88 Å². The first-order valence-electron chi connectivity index (χ1n) is 9.05. The van der Waals surface area contributed by atoms with E-state index in [0.29, 0.717) is 53.9 Å². The number of hydrogen-bond donors (Lipinski definition) is 2. The fraction of sp³-hybridized carbons (Fsp3) is 0.444. The Morgan fingerprint density at radius 3 is 2.71 bits per heavy atom. The van der Waals surface area contributed by atoms with E-state index in [4.69, 9.17) is 4.74 Å². The normalized spacial score (nSPS) is 17.3. The van der Waals surface area contributed by atoms with Crippen LogP contribution in [0.2, 0.25) is 0 Å². The summed E-state index contributed by atoms with van der Waals surface area (Å²) in [6.07, 6.45) is -3.79. The quantitative estimate of drug-likeness (QED) is 0.688. The Morgan fingerprint density at radius 1 is 1.32 bits per heavy atom. The molecular weight excluding hydrogens is 393 g/mol. The van der Waals surface area contributed by atoms with E-state index in [2.05, 4.69) is 10.1 Å². The smallest absolute Gasteiger partial charge is 0.416 e. The van der Waals surface area contributed by atoms with Gasteiger partial charge in [-0.25, -0.2) is 4.98 Å². The molecule has 0 bridgehead atoms. The lowest BCUT2D eigenvalue weighted by Crippen LogP contribution is -3.14. The molecule has 1 aliphatic rings. The molecule has 0 saturated carbocycles. The molecule has 6 nitrogen and oxygen atoms in total. The fourth-order valence-corrected chi connectivity index (χ4v) is 4.68. The number of halogens is 3. The lowest BCUT2D eigenvalue weighted by Gasteiger charge is -2.31. The van der Waals surface area contributed by atoms with Crippen molar-refractivity contribution in [2.24, 2.45) is 0 Å². The van der Waals surface area contributed by atoms with E-state index >= 15 is 0 Å². The van der Waals surface area contributed by atoms with Crippen molar-refractivity contribution in [2.45, 2.75) is 25.6 Å². The molecule has 0 aliphatic carbocycles. The zero-order chi connectivity index (χ0) is 19.9. The summed E-state index contributed by atoms with van der Waals surface area (Å²) in [5, 5.41) is 15.1. The summed E-state index contributed by atoms with van der Waals surface area (Å²) in [6, 6.07) is 4.86. The first kappa shape index (κ1) is 19.2. The fourth-order valence-electron chi connectivity index (χ4n) is 3.52. The topological polar surface area (TPSA) is 64.1 Å². The number of benzene rings is 1. The maximum atomic E-state index is 13.3. The minimum Gasteiger partial charge on any atom is -0.492 e. The van der Waals surface area contributed by atoms with Crippen molar-refractivity contribution in [1.82, 2.24) is 14.6 Å². The lowest BCUT2D eigenvalue weighted by atomic mass is 10.0. The van der Waals surface area contributed by atoms with Gasteiger partial charge in [-0.1, -0.05) is 30.4 Å². The Hall–Kier alpha value is -2.17. The summed E-state index contributed by atoms with van der Waals surface area (Å²) in [5.41, 5.74) is -0.197. The van der Waals surface area contributed by atoms with Crippen LogP contribution in [0.25, 0.3) is 4.96 Å². The number of rotatable bonds is 4. The molecule has 10 heteroatoms. The van der Waals surface area contributed by atoms with Gasteiger partial charge in [0.1, 0.15) is 18.0 Å². The Balaban J connectivity index is 1.83. The number of nitrogens with zero attached hydrogens (tertiary/aromatic N) is 3. The third kappa shape index (κ3) is 3.47. The number of hydrogen-bond acceptors (Lipinski definition) is 5. The maximum Gasteiger partial charge on any atom is 0.416 e. The zero-order valence-corrected chi connectivity index (χ0v) is 16.0. The average Bonchev–Trinajstić information content (AvgIpc) is 3.22. The van der Waals surface area contributed by atoms with Gasteiger partial charge in [0.2, 0.25) is 10.8 Å². The van der Waals surface area contributed by atoms with Crippen LogP contribution in [0.15, 0.2) is 24.3 Å². The van der Waals surface area contributed by atoms with Gasteiger partial charge in [-0.2, -0.15) is 17.7 Å². The van der Waals surface area contributed by atoms with Crippen LogP contribution in [0.1, 0.15) is 34.8 Å². The minimum atomic E-state index is -4.43. The molecule has 1 aliphatic heterocycles. The Bertz CT molecular complexity index is 979. The number of ether oxygens (including phenoxy) is 1. The summed E-state index contributed by atoms with van der Waals surface area (Å²) < 4.78 is 46.6. The molecule has 1 atom stereocenters. The van der Waals surface area contributed by atoms with Crippen LogP contribution in [-0.2, 0) is 17.3 Å². The molecule has 1 aromatic carbocycles. The van der Waals surface area contributed by atoms with E-state index in [9.17, 15) is 18.3 Å². The van der Waals surface area contributed by atoms with Gasteiger partial charge in [0.25, 0.3) is 0 Å². The molecular formula is C18H20F3N4O2S+. The van der Waals surface area contributed by atoms with Crippen molar-refractivity contribution in [1.29, 1.82) is 0 Å². The molecule has 0 spiro atoms. The highest BCUT2D eigenvalue weighted by atomic mass is 32.1. The predicted octanol–water partition coefficient (Wildman–Crippen LogP) is 2.08. The summed E-state index contributed by atoms with van der Waals surface area (Å²) in [6.45, 7) is 4.22. The van der Waals surface area contributed by atoms with Gasteiger partial charge >= 0.3 is 6.18 Å². The van der Waals surface area contributed by atoms with Crippen molar-refractivity contribution >= 4 is 16.3 Å². The highest BCUT2D eigenvalue weighted by molar-refractivity contribution is 7.17. The standard InChI is InChI=1S/C18H19F3N4O2S/c1-2-13-22-17-25(23-13)16(26)15(28-17)14(24-6-8-27-9-7-24)11-4-3-5-12(10-11)18(19,20)21/h3-5,10,14,26H,2,6-9H2,1H3/p+1/t14-/m1/s1. The largest absolute Gasteiger partial charge is 0.492 e. The Kier molecular flexibility index (Phi) is 5.02. The van der Waals surface area contributed by atoms with Crippen LogP contribution in [0.4, 0.5) is 13.2 Å². The summed E-state index contributed by atoms with van der Waals surface area (Å²) >= 11 is 1.27. The second-order valence-electron chi connectivity index (χ2n) is 6.69. The third-order valence-corrected chi connectivity index (χ3v) is 6.00. The monoisotopic (exact) mass is 413 g/mol. The summed E-state index contributed by atoms with van der Waals surface area (Å²) in [7, 11) is 0. The molecule has 28 heavy (non-hydrogen) atoms. The number of aromatic nitrogens is 3. The van der Waals surface area contributed by atoms with Crippen LogP contribution in [0.3, 0.4) is 0 Å². The predicted molar refractivity (Wildman–Crippen MR) is 96.7 cm³/mol. The highest BCUT2D eigenvalue weighted by Crippen LogP contribution is 2.37. The van der Waals surface area contributed by atoms with Crippen molar-refractivity contribution in [3.63, 3.8) is 0 Å². The molecule has 1 fully saturated rings. The van der Waals surface area contributed by atoms with E-state index < -0.39 is 17.8 Å². The SMILES string of the molecule is CCc1nc2sc([C@@H](c3cccc(C(F)(F)F)c3)[NH+]3CCOCC3)c(O)n2n1. The molecule has 3 aromatic rings. The number of morpholine rings is 1. The first-order valence-corrected chi connectivity index (χ1v) is 9.87. The molecule has 150 valence electrons. The molecule has 4 rings (SSSR count). The number of thiazole rings is 1. The number of alkyl halides is 3. The van der Waals surface area contributed by atoms with Gasteiger partial charge in [0.15, 0.2) is 11.9 Å². The second-order valence-corrected chi connectivity index (χ2v) is 7.70. The van der Waals surface area contributed by atoms with Crippen molar-refractivity contribution in [2.75, 3.05) is 26.3 Å². The van der Waals surface area contributed by atoms with E-state index in [1.165, 1.54) is 28.0 Å². The van der Waals surface area contributed by atoms with Gasteiger partial charge in [-0.3, -0.25) is 0 Å². The first-order chi connectivity index (χ1) is 13.4. The highest BCUT2D eigenvalue weighted by Gasteiger charge is 2.36. The van der Waals surface area contributed by atoms with Gasteiger partial charge < -0.3 is 14.7 Å². The van der Waals surface area contributed by atoms with Gasteiger partial charge in [-0.05, 0) is 12.1 Å².